The van der Waals surface area contributed by atoms with Crippen LogP contribution in [0.5, 0.6) is 0 Å². The molecule has 0 aliphatic carbocycles. The van der Waals surface area contributed by atoms with Gasteiger partial charge in [0.25, 0.3) is 0 Å². The lowest BCUT2D eigenvalue weighted by atomic mass is 9.95. The molecule has 0 spiro atoms. The second-order valence-electron chi connectivity index (χ2n) is 10.1. The van der Waals surface area contributed by atoms with Crippen molar-refractivity contribution in [3.63, 3.8) is 0 Å². The second kappa shape index (κ2) is 11.8. The summed E-state index contributed by atoms with van der Waals surface area (Å²) >= 11 is 0. The number of carbonyl (C=O) groups is 1. The van der Waals surface area contributed by atoms with Crippen molar-refractivity contribution in [1.82, 2.24) is 14.1 Å². The van der Waals surface area contributed by atoms with Crippen LogP contribution in [-0.4, -0.2) is 67.7 Å². The summed E-state index contributed by atoms with van der Waals surface area (Å²) in [5, 5.41) is 0. The van der Waals surface area contributed by atoms with Crippen LogP contribution in [-0.2, 0) is 20.6 Å². The van der Waals surface area contributed by atoms with E-state index in [4.69, 9.17) is 0 Å². The fraction of sp³-hybridized carbons (Fsp3) is 0.367. The maximum absolute atomic E-state index is 13.4. The number of rotatable bonds is 7. The Labute approximate surface area is 224 Å². The van der Waals surface area contributed by atoms with Crippen LogP contribution in [0.25, 0.3) is 0 Å². The summed E-state index contributed by atoms with van der Waals surface area (Å²) in [5.41, 5.74) is 3.05. The maximum Gasteiger partial charge on any atom is 0.225 e. The number of nitrogens with zero attached hydrogens (tertiary/aromatic N) is 3. The Balaban J connectivity index is 1.16. The molecule has 0 bridgehead atoms. The summed E-state index contributed by atoms with van der Waals surface area (Å²) in [6, 6.07) is 26.7. The summed E-state index contributed by atoms with van der Waals surface area (Å²) < 4.78 is 40.4. The fourth-order valence-corrected chi connectivity index (χ4v) is 7.17. The van der Waals surface area contributed by atoms with Gasteiger partial charge >= 0.3 is 0 Å². The molecule has 2 saturated heterocycles. The molecule has 3 aromatic rings. The molecular weight excluding hydrogens is 501 g/mol. The zero-order chi connectivity index (χ0) is 26.5. The van der Waals surface area contributed by atoms with Gasteiger partial charge in [-0.3, -0.25) is 9.69 Å². The topological polar surface area (TPSA) is 60.9 Å². The summed E-state index contributed by atoms with van der Waals surface area (Å²) in [5.74, 6) is -0.561. The summed E-state index contributed by atoms with van der Waals surface area (Å²) in [6.07, 6.45) is 1.05. The van der Waals surface area contributed by atoms with Crippen molar-refractivity contribution in [2.75, 3.05) is 39.3 Å². The van der Waals surface area contributed by atoms with E-state index in [2.05, 4.69) is 53.4 Å². The Morgan fingerprint density at radius 2 is 1.29 bits per heavy atom. The van der Waals surface area contributed by atoms with E-state index < -0.39 is 10.0 Å². The first-order valence-corrected chi connectivity index (χ1v) is 14.9. The Bertz CT molecular complexity index is 1260. The summed E-state index contributed by atoms with van der Waals surface area (Å²) in [4.78, 5) is 17.8. The van der Waals surface area contributed by atoms with E-state index in [-0.39, 0.29) is 29.4 Å². The van der Waals surface area contributed by atoms with E-state index in [0.717, 1.165) is 13.1 Å². The highest BCUT2D eigenvalue weighted by Crippen LogP contribution is 2.30. The average Bonchev–Trinajstić information content (AvgIpc) is 2.96. The molecule has 0 aromatic heterocycles. The van der Waals surface area contributed by atoms with Crippen molar-refractivity contribution < 1.29 is 17.6 Å². The molecule has 2 aliphatic heterocycles. The van der Waals surface area contributed by atoms with Gasteiger partial charge in [0, 0.05) is 45.2 Å². The summed E-state index contributed by atoms with van der Waals surface area (Å²) in [6.45, 7) is 3.57. The molecule has 38 heavy (non-hydrogen) atoms. The van der Waals surface area contributed by atoms with Crippen LogP contribution < -0.4 is 0 Å². The van der Waals surface area contributed by atoms with Gasteiger partial charge in [-0.05, 0) is 41.7 Å². The first-order valence-electron chi connectivity index (χ1n) is 13.3. The third-order valence-corrected chi connectivity index (χ3v) is 9.53. The molecule has 200 valence electrons. The molecule has 6 nitrogen and oxygen atoms in total. The van der Waals surface area contributed by atoms with Gasteiger partial charge in [-0.1, -0.05) is 72.8 Å². The monoisotopic (exact) mass is 535 g/mol. The van der Waals surface area contributed by atoms with Gasteiger partial charge in [0.2, 0.25) is 15.9 Å². The normalized spacial score (nSPS) is 18.1. The van der Waals surface area contributed by atoms with Gasteiger partial charge in [-0.25, -0.2) is 17.1 Å². The van der Waals surface area contributed by atoms with E-state index in [0.29, 0.717) is 44.6 Å². The molecule has 2 heterocycles. The highest BCUT2D eigenvalue weighted by atomic mass is 32.2. The highest BCUT2D eigenvalue weighted by Gasteiger charge is 2.35. The van der Waals surface area contributed by atoms with E-state index in [1.165, 1.54) is 39.7 Å². The third-order valence-electron chi connectivity index (χ3n) is 7.68. The molecule has 2 fully saturated rings. The Morgan fingerprint density at radius 3 is 1.82 bits per heavy atom. The first kappa shape index (κ1) is 26.5. The molecule has 2 aliphatic rings. The second-order valence-corrected chi connectivity index (χ2v) is 12.1. The Kier molecular flexibility index (Phi) is 8.21. The van der Waals surface area contributed by atoms with Gasteiger partial charge in [0.05, 0.1) is 11.8 Å². The minimum absolute atomic E-state index is 0.135. The van der Waals surface area contributed by atoms with Crippen LogP contribution in [0, 0.1) is 11.7 Å². The lowest BCUT2D eigenvalue weighted by Crippen LogP contribution is -2.52. The smallest absolute Gasteiger partial charge is 0.225 e. The van der Waals surface area contributed by atoms with Crippen LogP contribution in [0.15, 0.2) is 84.9 Å². The number of piperazine rings is 1. The van der Waals surface area contributed by atoms with Gasteiger partial charge < -0.3 is 4.90 Å². The predicted molar refractivity (Wildman–Crippen MR) is 146 cm³/mol. The predicted octanol–water partition coefficient (Wildman–Crippen LogP) is 4.30. The van der Waals surface area contributed by atoms with Gasteiger partial charge in [0.1, 0.15) is 5.82 Å². The van der Waals surface area contributed by atoms with Crippen molar-refractivity contribution in [3.05, 3.63) is 107 Å². The van der Waals surface area contributed by atoms with Crippen molar-refractivity contribution in [1.29, 1.82) is 0 Å². The van der Waals surface area contributed by atoms with Crippen molar-refractivity contribution in [3.8, 4) is 0 Å². The molecule has 0 N–H and O–H groups in total. The SMILES string of the molecule is O=C(C1CCN(S(=O)(=O)Cc2ccc(F)cc2)CC1)N1CCN(C(c2ccccc2)c2ccccc2)CC1. The number of halogens is 1. The number of carbonyl (C=O) groups excluding carboxylic acids is 1. The maximum atomic E-state index is 13.4. The van der Waals surface area contributed by atoms with E-state index >= 15 is 0 Å². The van der Waals surface area contributed by atoms with Gasteiger partial charge in [0.15, 0.2) is 0 Å². The third kappa shape index (κ3) is 6.14. The Hall–Kier alpha value is -3.07. The number of sulfonamides is 1. The molecule has 1 amide bonds. The minimum atomic E-state index is -3.51. The molecule has 5 rings (SSSR count). The molecule has 0 radical (unpaired) electrons. The zero-order valence-electron chi connectivity index (χ0n) is 21.5. The quantitative estimate of drug-likeness (QED) is 0.453. The molecule has 8 heteroatoms. The number of hydrogen-bond acceptors (Lipinski definition) is 4. The fourth-order valence-electron chi connectivity index (χ4n) is 5.61. The molecule has 3 aromatic carbocycles. The summed E-state index contributed by atoms with van der Waals surface area (Å²) in [7, 11) is -3.51. The van der Waals surface area contributed by atoms with Crippen LogP contribution >= 0.6 is 0 Å². The van der Waals surface area contributed by atoms with Gasteiger partial charge in [-0.15, -0.1) is 0 Å². The number of amides is 1. The number of benzene rings is 3. The van der Waals surface area contributed by atoms with E-state index in [1.807, 2.05) is 17.0 Å². The van der Waals surface area contributed by atoms with E-state index in [9.17, 15) is 17.6 Å². The number of hydrogen-bond donors (Lipinski definition) is 0. The largest absolute Gasteiger partial charge is 0.340 e. The average molecular weight is 536 g/mol. The van der Waals surface area contributed by atoms with E-state index in [1.54, 1.807) is 0 Å². The highest BCUT2D eigenvalue weighted by molar-refractivity contribution is 7.88. The van der Waals surface area contributed by atoms with Crippen molar-refractivity contribution >= 4 is 15.9 Å². The van der Waals surface area contributed by atoms with Crippen molar-refractivity contribution in [2.45, 2.75) is 24.6 Å². The van der Waals surface area contributed by atoms with Crippen molar-refractivity contribution in [2.24, 2.45) is 5.92 Å². The first-order chi connectivity index (χ1) is 18.4. The lowest BCUT2D eigenvalue weighted by Gasteiger charge is -2.41. The van der Waals surface area contributed by atoms with Gasteiger partial charge in [-0.2, -0.15) is 0 Å². The van der Waals surface area contributed by atoms with Crippen LogP contribution in [0.3, 0.4) is 0 Å². The Morgan fingerprint density at radius 1 is 0.763 bits per heavy atom. The molecule has 0 saturated carbocycles. The van der Waals surface area contributed by atoms with Crippen LogP contribution in [0.4, 0.5) is 4.39 Å². The molecule has 0 atom stereocenters. The number of piperidine rings is 1. The molecule has 0 unspecified atom stereocenters. The standard InChI is InChI=1S/C30H34FN3O3S/c31-28-13-11-24(12-14-28)23-38(36,37)34-17-15-27(16-18-34)30(35)33-21-19-32(20-22-33)29(25-7-3-1-4-8-25)26-9-5-2-6-10-26/h1-14,27,29H,15-23H2. The minimum Gasteiger partial charge on any atom is -0.340 e. The van der Waals surface area contributed by atoms with Crippen LogP contribution in [0.1, 0.15) is 35.6 Å². The zero-order valence-corrected chi connectivity index (χ0v) is 22.3. The van der Waals surface area contributed by atoms with Crippen LogP contribution in [0.2, 0.25) is 0 Å². The molecular formula is C30H34FN3O3S. The lowest BCUT2D eigenvalue weighted by molar-refractivity contribution is -0.138.